The molecule has 1 aromatic carbocycles. The maximum atomic E-state index is 5.99. The Kier molecular flexibility index (Phi) is 7.97. The van der Waals surface area contributed by atoms with E-state index in [-0.39, 0.29) is 24.0 Å². The smallest absolute Gasteiger partial charge is 0.213 e. The molecule has 0 amide bonds. The number of guanidine groups is 1. The standard InChI is InChI=1S/C19H24N4O.HI/c20-19(23-16-7-3-1-4-8-16)22-14-15-11-12-21-18(13-15)24-17-9-5-2-6-10-17;/h1,3-4,7-8,11-13,17H,2,5-6,9-10,14H2,(H3,20,22,23);1H. The van der Waals surface area contributed by atoms with Gasteiger partial charge in [-0.25, -0.2) is 9.98 Å². The van der Waals surface area contributed by atoms with Gasteiger partial charge in [0.25, 0.3) is 0 Å². The van der Waals surface area contributed by atoms with Crippen LogP contribution in [0.15, 0.2) is 53.7 Å². The minimum Gasteiger partial charge on any atom is -0.474 e. The van der Waals surface area contributed by atoms with Crippen molar-refractivity contribution in [2.75, 3.05) is 5.32 Å². The van der Waals surface area contributed by atoms with Crippen LogP contribution >= 0.6 is 24.0 Å². The van der Waals surface area contributed by atoms with Gasteiger partial charge in [-0.3, -0.25) is 0 Å². The quantitative estimate of drug-likeness (QED) is 0.402. The number of aliphatic imine (C=N–C) groups is 1. The Hall–Kier alpha value is -1.83. The zero-order valence-electron chi connectivity index (χ0n) is 14.2. The predicted octanol–water partition coefficient (Wildman–Crippen LogP) is 4.34. The molecule has 0 saturated heterocycles. The number of hydrogen-bond donors (Lipinski definition) is 2. The lowest BCUT2D eigenvalue weighted by Gasteiger charge is -2.22. The van der Waals surface area contributed by atoms with Crippen LogP contribution in [0.4, 0.5) is 5.69 Å². The van der Waals surface area contributed by atoms with Gasteiger partial charge in [-0.2, -0.15) is 0 Å². The molecule has 1 heterocycles. The van der Waals surface area contributed by atoms with Crippen molar-refractivity contribution in [3.63, 3.8) is 0 Å². The first kappa shape index (κ1) is 19.5. The fourth-order valence-electron chi connectivity index (χ4n) is 2.85. The molecule has 1 saturated carbocycles. The van der Waals surface area contributed by atoms with Crippen molar-refractivity contribution in [1.29, 1.82) is 0 Å². The fraction of sp³-hybridized carbons (Fsp3) is 0.368. The van der Waals surface area contributed by atoms with Crippen LogP contribution in [0.25, 0.3) is 0 Å². The zero-order chi connectivity index (χ0) is 16.6. The van der Waals surface area contributed by atoms with Crippen molar-refractivity contribution in [1.82, 2.24) is 4.98 Å². The molecule has 5 nitrogen and oxygen atoms in total. The van der Waals surface area contributed by atoms with Crippen molar-refractivity contribution in [3.05, 3.63) is 54.2 Å². The average molecular weight is 452 g/mol. The Morgan fingerprint density at radius 2 is 1.92 bits per heavy atom. The molecule has 1 fully saturated rings. The molecule has 1 aromatic heterocycles. The third-order valence-electron chi connectivity index (χ3n) is 4.12. The van der Waals surface area contributed by atoms with E-state index < -0.39 is 0 Å². The number of aromatic nitrogens is 1. The summed E-state index contributed by atoms with van der Waals surface area (Å²) in [7, 11) is 0. The summed E-state index contributed by atoms with van der Waals surface area (Å²) in [6, 6.07) is 13.7. The molecule has 134 valence electrons. The van der Waals surface area contributed by atoms with Gasteiger partial charge in [0.2, 0.25) is 5.88 Å². The lowest BCUT2D eigenvalue weighted by Crippen LogP contribution is -2.22. The second kappa shape index (κ2) is 10.2. The summed E-state index contributed by atoms with van der Waals surface area (Å²) in [4.78, 5) is 8.69. The van der Waals surface area contributed by atoms with E-state index >= 15 is 0 Å². The van der Waals surface area contributed by atoms with Crippen LogP contribution in [0.3, 0.4) is 0 Å². The summed E-state index contributed by atoms with van der Waals surface area (Å²) in [5.74, 6) is 1.08. The molecule has 0 spiro atoms. The summed E-state index contributed by atoms with van der Waals surface area (Å²) in [5, 5.41) is 3.07. The monoisotopic (exact) mass is 452 g/mol. The molecule has 6 heteroatoms. The van der Waals surface area contributed by atoms with E-state index in [4.69, 9.17) is 10.5 Å². The van der Waals surface area contributed by atoms with Crippen molar-refractivity contribution in [3.8, 4) is 5.88 Å². The van der Waals surface area contributed by atoms with Crippen LogP contribution in [-0.2, 0) is 6.54 Å². The van der Waals surface area contributed by atoms with Gasteiger partial charge in [-0.05, 0) is 49.4 Å². The normalized spacial score (nSPS) is 15.3. The summed E-state index contributed by atoms with van der Waals surface area (Å²) >= 11 is 0. The Labute approximate surface area is 166 Å². The molecular weight excluding hydrogens is 427 g/mol. The Bertz CT molecular complexity index is 672. The number of hydrogen-bond acceptors (Lipinski definition) is 3. The van der Waals surface area contributed by atoms with Crippen LogP contribution in [0, 0.1) is 0 Å². The molecule has 0 aliphatic heterocycles. The number of rotatable bonds is 5. The van der Waals surface area contributed by atoms with Crippen molar-refractivity contribution in [2.45, 2.75) is 44.8 Å². The number of nitrogens with two attached hydrogens (primary N) is 1. The Morgan fingerprint density at radius 3 is 2.68 bits per heavy atom. The number of ether oxygens (including phenoxy) is 1. The largest absolute Gasteiger partial charge is 0.474 e. The maximum Gasteiger partial charge on any atom is 0.213 e. The highest BCUT2D eigenvalue weighted by molar-refractivity contribution is 14.0. The maximum absolute atomic E-state index is 5.99. The number of pyridine rings is 1. The fourth-order valence-corrected chi connectivity index (χ4v) is 2.85. The third kappa shape index (κ3) is 6.53. The topological polar surface area (TPSA) is 72.5 Å². The van der Waals surface area contributed by atoms with Crippen molar-refractivity contribution in [2.24, 2.45) is 10.7 Å². The molecule has 1 aliphatic carbocycles. The number of para-hydroxylation sites is 1. The lowest BCUT2D eigenvalue weighted by atomic mass is 9.98. The third-order valence-corrected chi connectivity index (χ3v) is 4.12. The predicted molar refractivity (Wildman–Crippen MR) is 113 cm³/mol. The van der Waals surface area contributed by atoms with E-state index in [0.717, 1.165) is 24.1 Å². The van der Waals surface area contributed by atoms with Crippen molar-refractivity contribution < 1.29 is 4.74 Å². The van der Waals surface area contributed by atoms with Gasteiger partial charge in [0.15, 0.2) is 5.96 Å². The van der Waals surface area contributed by atoms with Gasteiger partial charge < -0.3 is 15.8 Å². The molecule has 0 radical (unpaired) electrons. The zero-order valence-corrected chi connectivity index (χ0v) is 16.6. The van der Waals surface area contributed by atoms with E-state index in [9.17, 15) is 0 Å². The second-order valence-electron chi connectivity index (χ2n) is 6.07. The average Bonchev–Trinajstić information content (AvgIpc) is 2.62. The molecule has 3 rings (SSSR count). The Morgan fingerprint density at radius 1 is 1.16 bits per heavy atom. The van der Waals surface area contributed by atoms with Crippen LogP contribution in [0.1, 0.15) is 37.7 Å². The molecular formula is C19H25IN4O. The minimum absolute atomic E-state index is 0. The van der Waals surface area contributed by atoms with E-state index in [1.807, 2.05) is 42.5 Å². The van der Waals surface area contributed by atoms with Gasteiger partial charge in [-0.1, -0.05) is 24.6 Å². The van der Waals surface area contributed by atoms with Gasteiger partial charge in [0.05, 0.1) is 6.54 Å². The minimum atomic E-state index is 0. The van der Waals surface area contributed by atoms with E-state index in [2.05, 4.69) is 15.3 Å². The highest BCUT2D eigenvalue weighted by atomic mass is 127. The number of halogens is 1. The van der Waals surface area contributed by atoms with Crippen LogP contribution in [0.2, 0.25) is 0 Å². The molecule has 0 bridgehead atoms. The molecule has 25 heavy (non-hydrogen) atoms. The highest BCUT2D eigenvalue weighted by Crippen LogP contribution is 2.22. The number of nitrogens with zero attached hydrogens (tertiary/aromatic N) is 2. The second-order valence-corrected chi connectivity index (χ2v) is 6.07. The van der Waals surface area contributed by atoms with Crippen LogP contribution in [0.5, 0.6) is 5.88 Å². The first-order chi connectivity index (χ1) is 11.8. The van der Waals surface area contributed by atoms with E-state index in [1.54, 1.807) is 6.20 Å². The first-order valence-electron chi connectivity index (χ1n) is 8.53. The highest BCUT2D eigenvalue weighted by Gasteiger charge is 2.15. The number of benzene rings is 1. The SMILES string of the molecule is I.NC(=NCc1ccnc(OC2CCCCC2)c1)Nc1ccccc1. The van der Waals surface area contributed by atoms with E-state index in [1.165, 1.54) is 19.3 Å². The van der Waals surface area contributed by atoms with Crippen LogP contribution in [-0.4, -0.2) is 17.0 Å². The summed E-state index contributed by atoms with van der Waals surface area (Å²) in [6.45, 7) is 0.495. The molecule has 2 aromatic rings. The molecule has 3 N–H and O–H groups in total. The van der Waals surface area contributed by atoms with Gasteiger partial charge >= 0.3 is 0 Å². The van der Waals surface area contributed by atoms with Gasteiger partial charge in [-0.15, -0.1) is 24.0 Å². The van der Waals surface area contributed by atoms with Crippen molar-refractivity contribution >= 4 is 35.6 Å². The number of nitrogens with one attached hydrogen (secondary N) is 1. The Balaban J connectivity index is 0.00000225. The molecule has 0 atom stereocenters. The number of anilines is 1. The summed E-state index contributed by atoms with van der Waals surface area (Å²) < 4.78 is 5.99. The van der Waals surface area contributed by atoms with Crippen LogP contribution < -0.4 is 15.8 Å². The molecule has 0 unspecified atom stereocenters. The lowest BCUT2D eigenvalue weighted by molar-refractivity contribution is 0.148. The summed E-state index contributed by atoms with van der Waals surface area (Å²) in [5.41, 5.74) is 7.89. The van der Waals surface area contributed by atoms with Gasteiger partial charge in [0.1, 0.15) is 6.10 Å². The molecule has 1 aliphatic rings. The van der Waals surface area contributed by atoms with E-state index in [0.29, 0.717) is 24.5 Å². The summed E-state index contributed by atoms with van der Waals surface area (Å²) in [6.07, 6.45) is 8.12. The first-order valence-corrected chi connectivity index (χ1v) is 8.53. The van der Waals surface area contributed by atoms with Gasteiger partial charge in [0, 0.05) is 18.0 Å².